The van der Waals surface area contributed by atoms with Gasteiger partial charge in [0.2, 0.25) is 0 Å². The van der Waals surface area contributed by atoms with Crippen LogP contribution in [0.2, 0.25) is 5.02 Å². The Hall–Kier alpha value is -1.73. The van der Waals surface area contributed by atoms with Gasteiger partial charge < -0.3 is 10.4 Å². The number of hydrogen-bond donors (Lipinski definition) is 2. The highest BCUT2D eigenvalue weighted by atomic mass is 35.5. The summed E-state index contributed by atoms with van der Waals surface area (Å²) in [7, 11) is 0. The molecule has 0 aliphatic heterocycles. The van der Waals surface area contributed by atoms with Crippen molar-refractivity contribution in [3.05, 3.63) is 28.8 Å². The van der Waals surface area contributed by atoms with Gasteiger partial charge in [0.15, 0.2) is 0 Å². The summed E-state index contributed by atoms with van der Waals surface area (Å²) in [6.45, 7) is 0. The largest absolute Gasteiger partial charge is 0.480 e. The molecule has 1 aliphatic carbocycles. The van der Waals surface area contributed by atoms with E-state index in [1.54, 1.807) is 12.1 Å². The zero-order valence-corrected chi connectivity index (χ0v) is 9.79. The van der Waals surface area contributed by atoms with Crippen LogP contribution in [0.3, 0.4) is 0 Å². The number of nitrogens with one attached hydrogen (secondary N) is 1. The van der Waals surface area contributed by atoms with Crippen molar-refractivity contribution in [1.29, 1.82) is 5.26 Å². The summed E-state index contributed by atoms with van der Waals surface area (Å²) in [5, 5.41) is 21.2. The lowest BCUT2D eigenvalue weighted by Gasteiger charge is -2.39. The highest BCUT2D eigenvalue weighted by Gasteiger charge is 2.44. The average molecular weight is 251 g/mol. The lowest BCUT2D eigenvalue weighted by atomic mass is 9.76. The van der Waals surface area contributed by atoms with Crippen molar-refractivity contribution in [2.75, 3.05) is 5.32 Å². The van der Waals surface area contributed by atoms with E-state index in [0.29, 0.717) is 29.1 Å². The second kappa shape index (κ2) is 4.27. The maximum absolute atomic E-state index is 11.2. The predicted octanol–water partition coefficient (Wildman–Crippen LogP) is 2.63. The lowest BCUT2D eigenvalue weighted by Crippen LogP contribution is -2.52. The average Bonchev–Trinajstić information content (AvgIpc) is 2.24. The molecule has 2 rings (SSSR count). The maximum atomic E-state index is 11.2. The number of rotatable bonds is 3. The molecule has 0 atom stereocenters. The first-order chi connectivity index (χ1) is 8.07. The molecule has 5 heteroatoms. The smallest absolute Gasteiger partial charge is 0.329 e. The summed E-state index contributed by atoms with van der Waals surface area (Å²) in [6, 6.07) is 6.76. The van der Waals surface area contributed by atoms with E-state index in [-0.39, 0.29) is 0 Å². The van der Waals surface area contributed by atoms with Gasteiger partial charge in [-0.15, -0.1) is 0 Å². The molecule has 4 nitrogen and oxygen atoms in total. The van der Waals surface area contributed by atoms with E-state index in [9.17, 15) is 9.90 Å². The lowest BCUT2D eigenvalue weighted by molar-refractivity contribution is -0.145. The van der Waals surface area contributed by atoms with Gasteiger partial charge >= 0.3 is 5.97 Å². The van der Waals surface area contributed by atoms with Crippen LogP contribution < -0.4 is 5.32 Å². The van der Waals surface area contributed by atoms with Crippen molar-refractivity contribution < 1.29 is 9.90 Å². The molecule has 88 valence electrons. The summed E-state index contributed by atoms with van der Waals surface area (Å²) in [4.78, 5) is 11.2. The number of hydrogen-bond acceptors (Lipinski definition) is 3. The molecule has 17 heavy (non-hydrogen) atoms. The van der Waals surface area contributed by atoms with Crippen molar-refractivity contribution in [3.8, 4) is 6.07 Å². The normalized spacial score (nSPS) is 16.7. The zero-order chi connectivity index (χ0) is 12.5. The standard InChI is InChI=1S/C12H11ClN2O2/c13-9-6-8(7-14)2-3-10(9)15-12(11(16)17)4-1-5-12/h2-3,6,15H,1,4-5H2,(H,16,17). The molecule has 0 aromatic heterocycles. The Morgan fingerprint density at radius 2 is 2.24 bits per heavy atom. The number of carboxylic acids is 1. The van der Waals surface area contributed by atoms with Crippen LogP contribution >= 0.6 is 11.6 Å². The second-order valence-electron chi connectivity index (χ2n) is 4.17. The van der Waals surface area contributed by atoms with Crippen molar-refractivity contribution in [2.24, 2.45) is 0 Å². The molecule has 0 heterocycles. The van der Waals surface area contributed by atoms with Crippen molar-refractivity contribution in [3.63, 3.8) is 0 Å². The zero-order valence-electron chi connectivity index (χ0n) is 9.03. The fraction of sp³-hybridized carbons (Fsp3) is 0.333. The van der Waals surface area contributed by atoms with Crippen LogP contribution in [0, 0.1) is 11.3 Å². The molecule has 1 saturated carbocycles. The third-order valence-corrected chi connectivity index (χ3v) is 3.40. The quantitative estimate of drug-likeness (QED) is 0.865. The highest BCUT2D eigenvalue weighted by Crippen LogP contribution is 2.37. The summed E-state index contributed by atoms with van der Waals surface area (Å²) >= 11 is 5.99. The van der Waals surface area contributed by atoms with Crippen LogP contribution in [-0.4, -0.2) is 16.6 Å². The second-order valence-corrected chi connectivity index (χ2v) is 4.58. The van der Waals surface area contributed by atoms with Crippen molar-refractivity contribution in [1.82, 2.24) is 0 Å². The van der Waals surface area contributed by atoms with Gasteiger partial charge in [0.25, 0.3) is 0 Å². The Kier molecular flexibility index (Phi) is 2.95. The summed E-state index contributed by atoms with van der Waals surface area (Å²) in [6.07, 6.45) is 2.09. The molecular formula is C12H11ClN2O2. The number of halogens is 1. The van der Waals surface area contributed by atoms with Gasteiger partial charge in [-0.1, -0.05) is 11.6 Å². The first-order valence-corrected chi connectivity index (χ1v) is 5.66. The van der Waals surface area contributed by atoms with Crippen LogP contribution in [-0.2, 0) is 4.79 Å². The number of benzene rings is 1. The minimum absolute atomic E-state index is 0.372. The van der Waals surface area contributed by atoms with E-state index in [4.69, 9.17) is 16.9 Å². The number of anilines is 1. The summed E-state index contributed by atoms with van der Waals surface area (Å²) < 4.78 is 0. The molecule has 1 fully saturated rings. The van der Waals surface area contributed by atoms with E-state index in [0.717, 1.165) is 6.42 Å². The minimum Gasteiger partial charge on any atom is -0.480 e. The fourth-order valence-electron chi connectivity index (χ4n) is 1.87. The van der Waals surface area contributed by atoms with Gasteiger partial charge in [-0.05, 0) is 37.5 Å². The molecule has 0 radical (unpaired) electrons. The molecular weight excluding hydrogens is 240 g/mol. The number of aliphatic carboxylic acids is 1. The van der Waals surface area contributed by atoms with Gasteiger partial charge in [0.05, 0.1) is 22.3 Å². The molecule has 0 unspecified atom stereocenters. The van der Waals surface area contributed by atoms with Gasteiger partial charge in [-0.2, -0.15) is 5.26 Å². The summed E-state index contributed by atoms with van der Waals surface area (Å²) in [5.41, 5.74) is 0.129. The molecule has 2 N–H and O–H groups in total. The fourth-order valence-corrected chi connectivity index (χ4v) is 2.09. The number of nitrogens with zero attached hydrogens (tertiary/aromatic N) is 1. The van der Waals surface area contributed by atoms with E-state index < -0.39 is 11.5 Å². The number of carbonyl (C=O) groups is 1. The molecule has 1 aromatic rings. The van der Waals surface area contributed by atoms with Gasteiger partial charge in [0, 0.05) is 0 Å². The molecule has 0 bridgehead atoms. The third kappa shape index (κ3) is 2.06. The van der Waals surface area contributed by atoms with E-state index in [2.05, 4.69) is 5.32 Å². The van der Waals surface area contributed by atoms with Crippen molar-refractivity contribution in [2.45, 2.75) is 24.8 Å². The Morgan fingerprint density at radius 3 is 2.65 bits per heavy atom. The first kappa shape index (κ1) is 11.7. The Bertz CT molecular complexity index is 504. The highest BCUT2D eigenvalue weighted by molar-refractivity contribution is 6.33. The molecule has 0 amide bonds. The van der Waals surface area contributed by atoms with Gasteiger partial charge in [-0.25, -0.2) is 4.79 Å². The summed E-state index contributed by atoms with van der Waals surface area (Å²) in [5.74, 6) is -0.857. The number of carboxylic acid groups (broad SMARTS) is 1. The van der Waals surface area contributed by atoms with E-state index in [1.807, 2.05) is 6.07 Å². The van der Waals surface area contributed by atoms with Gasteiger partial charge in [0.1, 0.15) is 5.54 Å². The Labute approximate surface area is 104 Å². The third-order valence-electron chi connectivity index (χ3n) is 3.09. The van der Waals surface area contributed by atoms with Gasteiger partial charge in [-0.3, -0.25) is 0 Å². The van der Waals surface area contributed by atoms with Crippen LogP contribution in [0.1, 0.15) is 24.8 Å². The van der Waals surface area contributed by atoms with Crippen LogP contribution in [0.15, 0.2) is 18.2 Å². The van der Waals surface area contributed by atoms with Crippen LogP contribution in [0.5, 0.6) is 0 Å². The van der Waals surface area contributed by atoms with Crippen LogP contribution in [0.25, 0.3) is 0 Å². The monoisotopic (exact) mass is 250 g/mol. The van der Waals surface area contributed by atoms with E-state index >= 15 is 0 Å². The molecule has 0 spiro atoms. The first-order valence-electron chi connectivity index (χ1n) is 5.29. The Morgan fingerprint density at radius 1 is 1.53 bits per heavy atom. The van der Waals surface area contributed by atoms with E-state index in [1.165, 1.54) is 6.07 Å². The van der Waals surface area contributed by atoms with Crippen LogP contribution in [0.4, 0.5) is 5.69 Å². The number of nitriles is 1. The SMILES string of the molecule is N#Cc1ccc(NC2(C(=O)O)CCC2)c(Cl)c1. The molecule has 1 aromatic carbocycles. The maximum Gasteiger partial charge on any atom is 0.329 e. The Balaban J connectivity index is 2.25. The topological polar surface area (TPSA) is 73.1 Å². The molecule has 1 aliphatic rings. The predicted molar refractivity (Wildman–Crippen MR) is 64.0 cm³/mol. The molecule has 0 saturated heterocycles. The van der Waals surface area contributed by atoms with Crippen molar-refractivity contribution >= 4 is 23.3 Å². The minimum atomic E-state index is -0.891.